The highest BCUT2D eigenvalue weighted by atomic mass is 16.6. The fourth-order valence-electron chi connectivity index (χ4n) is 1.98. The van der Waals surface area contributed by atoms with Crippen LogP contribution in [0.3, 0.4) is 0 Å². The molecule has 0 saturated heterocycles. The molecule has 1 heterocycles. The third kappa shape index (κ3) is 3.09. The number of hydrogen-bond donors (Lipinski definition) is 1. The highest BCUT2D eigenvalue weighted by Gasteiger charge is 2.23. The van der Waals surface area contributed by atoms with Crippen LogP contribution in [0, 0.1) is 17.0 Å². The summed E-state index contributed by atoms with van der Waals surface area (Å²) in [5, 5.41) is 19.8. The smallest absolute Gasteiger partial charge is 0.352 e. The van der Waals surface area contributed by atoms with Crippen LogP contribution in [0.2, 0.25) is 0 Å². The summed E-state index contributed by atoms with van der Waals surface area (Å²) in [6.07, 6.45) is 4.02. The largest absolute Gasteiger partial charge is 0.477 e. The number of nitrogens with zero attached hydrogens (tertiary/aromatic N) is 2. The molecule has 0 aliphatic rings. The quantitative estimate of drug-likeness (QED) is 0.460. The molecule has 0 amide bonds. The van der Waals surface area contributed by atoms with Crippen molar-refractivity contribution in [3.05, 3.63) is 27.6 Å². The molecule has 0 aliphatic heterocycles. The number of carbonyl (C=O) groups is 1. The van der Waals surface area contributed by atoms with Crippen molar-refractivity contribution < 1.29 is 14.8 Å². The number of carboxylic acids is 1. The van der Waals surface area contributed by atoms with Crippen molar-refractivity contribution in [3.8, 4) is 0 Å². The van der Waals surface area contributed by atoms with Crippen molar-refractivity contribution in [2.75, 3.05) is 0 Å². The number of hydrogen-bond acceptors (Lipinski definition) is 3. The molecule has 0 aromatic carbocycles. The number of aromatic nitrogens is 1. The lowest BCUT2D eigenvalue weighted by Gasteiger charge is -2.07. The van der Waals surface area contributed by atoms with Crippen molar-refractivity contribution in [1.82, 2.24) is 4.57 Å². The van der Waals surface area contributed by atoms with E-state index in [2.05, 4.69) is 6.92 Å². The zero-order valence-corrected chi connectivity index (χ0v) is 10.7. The topological polar surface area (TPSA) is 85.4 Å². The minimum Gasteiger partial charge on any atom is -0.477 e. The van der Waals surface area contributed by atoms with Gasteiger partial charge < -0.3 is 9.67 Å². The summed E-state index contributed by atoms with van der Waals surface area (Å²) in [6, 6.07) is 1.14. The standard InChI is InChI=1S/C12H18N2O4/c1-3-4-5-6-7-13-9(2)10(14(17)18)8-11(13)12(15)16/h8H,3-7H2,1-2H3,(H,15,16). The molecule has 0 radical (unpaired) electrons. The van der Waals surface area contributed by atoms with E-state index in [1.807, 2.05) is 0 Å². The Bertz CT molecular complexity index is 451. The first kappa shape index (κ1) is 14.2. The lowest BCUT2D eigenvalue weighted by molar-refractivity contribution is -0.385. The normalized spacial score (nSPS) is 10.6. The summed E-state index contributed by atoms with van der Waals surface area (Å²) < 4.78 is 1.52. The van der Waals surface area contributed by atoms with Crippen LogP contribution in [0.1, 0.15) is 48.8 Å². The number of carboxylic acid groups (broad SMARTS) is 1. The van der Waals surface area contributed by atoms with Crippen LogP contribution in [0.25, 0.3) is 0 Å². The Hall–Kier alpha value is -1.85. The van der Waals surface area contributed by atoms with Gasteiger partial charge >= 0.3 is 5.97 Å². The van der Waals surface area contributed by atoms with E-state index in [0.717, 1.165) is 31.7 Å². The van der Waals surface area contributed by atoms with E-state index in [0.29, 0.717) is 12.2 Å². The van der Waals surface area contributed by atoms with Gasteiger partial charge in [-0.3, -0.25) is 10.1 Å². The van der Waals surface area contributed by atoms with Gasteiger partial charge in [-0.15, -0.1) is 0 Å². The fraction of sp³-hybridized carbons (Fsp3) is 0.583. The molecule has 1 aromatic heterocycles. The van der Waals surface area contributed by atoms with E-state index in [1.165, 1.54) is 4.57 Å². The highest BCUT2D eigenvalue weighted by molar-refractivity contribution is 5.87. The van der Waals surface area contributed by atoms with Gasteiger partial charge in [0.1, 0.15) is 5.69 Å². The monoisotopic (exact) mass is 254 g/mol. The van der Waals surface area contributed by atoms with Crippen molar-refractivity contribution in [2.45, 2.75) is 46.1 Å². The molecule has 0 fully saturated rings. The molecule has 0 saturated carbocycles. The first-order valence-corrected chi connectivity index (χ1v) is 6.06. The van der Waals surface area contributed by atoms with E-state index < -0.39 is 10.9 Å². The van der Waals surface area contributed by atoms with Crippen LogP contribution in [-0.2, 0) is 6.54 Å². The number of unbranched alkanes of at least 4 members (excludes halogenated alkanes) is 3. The average Bonchev–Trinajstić information content (AvgIpc) is 2.62. The maximum Gasteiger partial charge on any atom is 0.352 e. The maximum absolute atomic E-state index is 11.1. The lowest BCUT2D eigenvalue weighted by Crippen LogP contribution is -2.10. The van der Waals surface area contributed by atoms with Gasteiger partial charge in [0.05, 0.1) is 10.6 Å². The summed E-state index contributed by atoms with van der Waals surface area (Å²) in [5.74, 6) is -1.12. The lowest BCUT2D eigenvalue weighted by atomic mass is 10.2. The molecule has 0 unspecified atom stereocenters. The first-order chi connectivity index (χ1) is 8.49. The molecule has 1 N–H and O–H groups in total. The second-order valence-corrected chi connectivity index (χ2v) is 4.27. The molecule has 0 aliphatic carbocycles. The van der Waals surface area contributed by atoms with Crippen LogP contribution in [0.4, 0.5) is 5.69 Å². The van der Waals surface area contributed by atoms with E-state index >= 15 is 0 Å². The molecule has 1 aromatic rings. The van der Waals surface area contributed by atoms with Crippen molar-refractivity contribution in [1.29, 1.82) is 0 Å². The molecular weight excluding hydrogens is 236 g/mol. The minimum absolute atomic E-state index is 0.00398. The van der Waals surface area contributed by atoms with E-state index in [1.54, 1.807) is 6.92 Å². The van der Waals surface area contributed by atoms with Crippen LogP contribution in [0.5, 0.6) is 0 Å². The zero-order valence-electron chi connectivity index (χ0n) is 10.7. The molecule has 100 valence electrons. The average molecular weight is 254 g/mol. The minimum atomic E-state index is -1.12. The molecule has 6 nitrogen and oxygen atoms in total. The molecule has 0 spiro atoms. The summed E-state index contributed by atoms with van der Waals surface area (Å²) >= 11 is 0. The van der Waals surface area contributed by atoms with Gasteiger partial charge in [-0.1, -0.05) is 26.2 Å². The van der Waals surface area contributed by atoms with Gasteiger partial charge in [0.15, 0.2) is 0 Å². The molecule has 0 atom stereocenters. The number of nitro groups is 1. The third-order valence-electron chi connectivity index (χ3n) is 2.99. The van der Waals surface area contributed by atoms with Gasteiger partial charge in [0.25, 0.3) is 5.69 Å². The van der Waals surface area contributed by atoms with Gasteiger partial charge in [-0.2, -0.15) is 0 Å². The zero-order chi connectivity index (χ0) is 13.7. The van der Waals surface area contributed by atoms with Crippen LogP contribution in [-0.4, -0.2) is 20.6 Å². The predicted molar refractivity (Wildman–Crippen MR) is 66.9 cm³/mol. The van der Waals surface area contributed by atoms with Gasteiger partial charge in [0.2, 0.25) is 0 Å². The fourth-order valence-corrected chi connectivity index (χ4v) is 1.98. The Balaban J connectivity index is 2.93. The van der Waals surface area contributed by atoms with Gasteiger partial charge in [-0.05, 0) is 13.3 Å². The highest BCUT2D eigenvalue weighted by Crippen LogP contribution is 2.23. The third-order valence-corrected chi connectivity index (χ3v) is 2.99. The number of aromatic carboxylic acids is 1. The van der Waals surface area contributed by atoms with E-state index in [-0.39, 0.29) is 11.4 Å². The second kappa shape index (κ2) is 6.18. The Morgan fingerprint density at radius 1 is 1.44 bits per heavy atom. The Morgan fingerprint density at radius 3 is 2.61 bits per heavy atom. The SMILES string of the molecule is CCCCCCn1c(C(=O)O)cc([N+](=O)[O-])c1C. The Kier molecular flexibility index (Phi) is 4.88. The second-order valence-electron chi connectivity index (χ2n) is 4.27. The van der Waals surface area contributed by atoms with Gasteiger partial charge in [0, 0.05) is 12.6 Å². The predicted octanol–water partition coefficient (Wildman–Crippen LogP) is 2.98. The summed E-state index contributed by atoms with van der Waals surface area (Å²) in [4.78, 5) is 21.3. The maximum atomic E-state index is 11.1. The summed E-state index contributed by atoms with van der Waals surface area (Å²) in [5.41, 5.74) is 0.285. The van der Waals surface area contributed by atoms with E-state index in [4.69, 9.17) is 5.11 Å². The molecule has 18 heavy (non-hydrogen) atoms. The van der Waals surface area contributed by atoms with Crippen LogP contribution < -0.4 is 0 Å². The van der Waals surface area contributed by atoms with Crippen molar-refractivity contribution in [2.24, 2.45) is 0 Å². The van der Waals surface area contributed by atoms with Gasteiger partial charge in [-0.25, -0.2) is 4.79 Å². The summed E-state index contributed by atoms with van der Waals surface area (Å²) in [7, 11) is 0. The van der Waals surface area contributed by atoms with Crippen LogP contribution >= 0.6 is 0 Å². The summed E-state index contributed by atoms with van der Waals surface area (Å²) in [6.45, 7) is 4.19. The molecule has 1 rings (SSSR count). The van der Waals surface area contributed by atoms with Crippen LogP contribution in [0.15, 0.2) is 6.07 Å². The first-order valence-electron chi connectivity index (χ1n) is 6.06. The molecule has 6 heteroatoms. The molecular formula is C12H18N2O4. The number of rotatable bonds is 7. The van der Waals surface area contributed by atoms with Crippen molar-refractivity contribution in [3.63, 3.8) is 0 Å². The van der Waals surface area contributed by atoms with Crippen molar-refractivity contribution >= 4 is 11.7 Å². The Morgan fingerprint density at radius 2 is 2.11 bits per heavy atom. The molecule has 0 bridgehead atoms. The Labute approximate surface area is 105 Å². The van der Waals surface area contributed by atoms with E-state index in [9.17, 15) is 14.9 Å².